The van der Waals surface area contributed by atoms with E-state index in [0.29, 0.717) is 31.3 Å². The molecule has 6 nitrogen and oxygen atoms in total. The van der Waals surface area contributed by atoms with Gasteiger partial charge in [0.2, 0.25) is 0 Å². The van der Waals surface area contributed by atoms with Crippen LogP contribution >= 0.6 is 11.6 Å². The van der Waals surface area contributed by atoms with Crippen LogP contribution in [-0.4, -0.2) is 36.1 Å². The maximum Gasteiger partial charge on any atom is 0.315 e. The van der Waals surface area contributed by atoms with Gasteiger partial charge in [-0.3, -0.25) is 4.68 Å². The minimum atomic E-state index is -0.189. The fourth-order valence-corrected chi connectivity index (χ4v) is 2.84. The maximum atomic E-state index is 12.0. The molecule has 2 N–H and O–H groups in total. The van der Waals surface area contributed by atoms with Gasteiger partial charge in [-0.25, -0.2) is 4.79 Å². The molecular weight excluding hydrogens is 340 g/mol. The molecule has 1 heterocycles. The largest absolute Gasteiger partial charge is 0.383 e. The van der Waals surface area contributed by atoms with Crippen molar-refractivity contribution in [3.8, 4) is 0 Å². The van der Waals surface area contributed by atoms with Gasteiger partial charge in [-0.1, -0.05) is 23.7 Å². The highest BCUT2D eigenvalue weighted by Crippen LogP contribution is 2.13. The highest BCUT2D eigenvalue weighted by molar-refractivity contribution is 6.30. The lowest BCUT2D eigenvalue weighted by atomic mass is 10.1. The van der Waals surface area contributed by atoms with Crippen molar-refractivity contribution in [2.75, 3.05) is 20.3 Å². The van der Waals surface area contributed by atoms with E-state index < -0.39 is 0 Å². The number of amides is 2. The normalized spacial score (nSPS) is 10.7. The Bertz CT molecular complexity index is 715. The Morgan fingerprint density at radius 2 is 2.12 bits per heavy atom. The van der Waals surface area contributed by atoms with Crippen LogP contribution in [0.2, 0.25) is 5.02 Å². The molecule has 1 aromatic carbocycles. The molecule has 1 aromatic heterocycles. The molecule has 0 atom stereocenters. The molecule has 0 aliphatic carbocycles. The maximum absolute atomic E-state index is 12.0. The number of nitrogens with one attached hydrogen (secondary N) is 2. The third-order valence-corrected chi connectivity index (χ3v) is 4.29. The van der Waals surface area contributed by atoms with E-state index >= 15 is 0 Å². The molecule has 25 heavy (non-hydrogen) atoms. The molecule has 0 saturated heterocycles. The summed E-state index contributed by atoms with van der Waals surface area (Å²) in [5.41, 5.74) is 4.11. The van der Waals surface area contributed by atoms with Gasteiger partial charge in [-0.05, 0) is 38.0 Å². The fraction of sp³-hybridized carbons (Fsp3) is 0.444. The Kier molecular flexibility index (Phi) is 7.28. The summed E-state index contributed by atoms with van der Waals surface area (Å²) in [6.45, 7) is 6.27. The summed E-state index contributed by atoms with van der Waals surface area (Å²) in [4.78, 5) is 12.0. The summed E-state index contributed by atoms with van der Waals surface area (Å²) in [5, 5.41) is 10.9. The predicted molar refractivity (Wildman–Crippen MR) is 99.0 cm³/mol. The van der Waals surface area contributed by atoms with E-state index in [1.807, 2.05) is 42.8 Å². The molecule has 7 heteroatoms. The number of carbonyl (C=O) groups is 1. The van der Waals surface area contributed by atoms with Gasteiger partial charge < -0.3 is 15.4 Å². The van der Waals surface area contributed by atoms with Crippen LogP contribution in [0.4, 0.5) is 4.79 Å². The van der Waals surface area contributed by atoms with Gasteiger partial charge in [0.15, 0.2) is 0 Å². The third kappa shape index (κ3) is 5.76. The smallest absolute Gasteiger partial charge is 0.315 e. The molecular formula is C18H25ClN4O2. The van der Waals surface area contributed by atoms with Crippen molar-refractivity contribution in [1.82, 2.24) is 20.4 Å². The zero-order valence-electron chi connectivity index (χ0n) is 14.9. The van der Waals surface area contributed by atoms with E-state index in [0.717, 1.165) is 28.9 Å². The number of hydrogen-bond acceptors (Lipinski definition) is 3. The number of rotatable bonds is 8. The molecule has 0 bridgehead atoms. The minimum absolute atomic E-state index is 0.189. The summed E-state index contributed by atoms with van der Waals surface area (Å²) in [6, 6.07) is 7.45. The SMILES string of the molecule is COCCn1nc(C)c(CNC(=O)NCCc2cccc(Cl)c2)c1C. The van der Waals surface area contributed by atoms with Crippen molar-refractivity contribution in [2.45, 2.75) is 33.4 Å². The number of aromatic nitrogens is 2. The van der Waals surface area contributed by atoms with Crippen LogP contribution in [0.25, 0.3) is 0 Å². The first-order chi connectivity index (χ1) is 12.0. The number of methoxy groups -OCH3 is 1. The van der Waals surface area contributed by atoms with Crippen LogP contribution in [-0.2, 0) is 24.2 Å². The summed E-state index contributed by atoms with van der Waals surface area (Å²) in [7, 11) is 1.67. The number of benzene rings is 1. The highest BCUT2D eigenvalue weighted by atomic mass is 35.5. The molecule has 0 fully saturated rings. The van der Waals surface area contributed by atoms with E-state index in [-0.39, 0.29) is 6.03 Å². The Morgan fingerprint density at radius 3 is 2.84 bits per heavy atom. The fourth-order valence-electron chi connectivity index (χ4n) is 2.63. The molecule has 2 aromatic rings. The van der Waals surface area contributed by atoms with E-state index in [4.69, 9.17) is 16.3 Å². The monoisotopic (exact) mass is 364 g/mol. The van der Waals surface area contributed by atoms with Crippen molar-refractivity contribution < 1.29 is 9.53 Å². The number of halogens is 1. The van der Waals surface area contributed by atoms with Crippen molar-refractivity contribution in [2.24, 2.45) is 0 Å². The Hall–Kier alpha value is -2.05. The Labute approximate surface area is 153 Å². The average molecular weight is 365 g/mol. The number of ether oxygens (including phenoxy) is 1. The second-order valence-electron chi connectivity index (χ2n) is 5.85. The summed E-state index contributed by atoms with van der Waals surface area (Å²) in [5.74, 6) is 0. The number of hydrogen-bond donors (Lipinski definition) is 2. The molecule has 0 aliphatic heterocycles. The predicted octanol–water partition coefficient (Wildman–Crippen LogP) is 2.84. The third-order valence-electron chi connectivity index (χ3n) is 4.05. The molecule has 0 aliphatic rings. The van der Waals surface area contributed by atoms with Gasteiger partial charge in [0, 0.05) is 36.5 Å². The first-order valence-electron chi connectivity index (χ1n) is 8.29. The standard InChI is InChI=1S/C18H25ClN4O2/c1-13-17(14(2)23(22-13)9-10-25-3)12-21-18(24)20-8-7-15-5-4-6-16(19)11-15/h4-6,11H,7-10,12H2,1-3H3,(H2,20,21,24). The van der Waals surface area contributed by atoms with Gasteiger partial charge in [-0.2, -0.15) is 5.10 Å². The summed E-state index contributed by atoms with van der Waals surface area (Å²) < 4.78 is 7.00. The lowest BCUT2D eigenvalue weighted by Gasteiger charge is -2.09. The van der Waals surface area contributed by atoms with E-state index in [1.165, 1.54) is 0 Å². The quantitative estimate of drug-likeness (QED) is 0.756. The van der Waals surface area contributed by atoms with Gasteiger partial charge in [0.25, 0.3) is 0 Å². The van der Waals surface area contributed by atoms with Crippen LogP contribution in [0.3, 0.4) is 0 Å². The van der Waals surface area contributed by atoms with Gasteiger partial charge >= 0.3 is 6.03 Å². The van der Waals surface area contributed by atoms with E-state index in [1.54, 1.807) is 7.11 Å². The topological polar surface area (TPSA) is 68.2 Å². The first-order valence-corrected chi connectivity index (χ1v) is 8.67. The van der Waals surface area contributed by atoms with Crippen LogP contribution < -0.4 is 10.6 Å². The summed E-state index contributed by atoms with van der Waals surface area (Å²) in [6.07, 6.45) is 0.737. The average Bonchev–Trinajstić information content (AvgIpc) is 2.85. The number of carbonyl (C=O) groups excluding carboxylic acids is 1. The van der Waals surface area contributed by atoms with Crippen LogP contribution in [0.15, 0.2) is 24.3 Å². The number of aryl methyl sites for hydroxylation is 1. The lowest BCUT2D eigenvalue weighted by Crippen LogP contribution is -2.36. The zero-order chi connectivity index (χ0) is 18.2. The lowest BCUT2D eigenvalue weighted by molar-refractivity contribution is 0.182. The van der Waals surface area contributed by atoms with Crippen molar-refractivity contribution in [3.05, 3.63) is 51.8 Å². The number of nitrogens with zero attached hydrogens (tertiary/aromatic N) is 2. The molecule has 0 unspecified atom stereocenters. The van der Waals surface area contributed by atoms with Crippen molar-refractivity contribution in [1.29, 1.82) is 0 Å². The molecule has 2 rings (SSSR count). The number of urea groups is 1. The van der Waals surface area contributed by atoms with Crippen molar-refractivity contribution >= 4 is 17.6 Å². The van der Waals surface area contributed by atoms with Crippen LogP contribution in [0.1, 0.15) is 22.5 Å². The second-order valence-corrected chi connectivity index (χ2v) is 6.29. The van der Waals surface area contributed by atoms with Crippen LogP contribution in [0.5, 0.6) is 0 Å². The van der Waals surface area contributed by atoms with E-state index in [9.17, 15) is 4.79 Å². The van der Waals surface area contributed by atoms with Gasteiger partial charge in [0.05, 0.1) is 18.8 Å². The summed E-state index contributed by atoms with van der Waals surface area (Å²) >= 11 is 5.95. The van der Waals surface area contributed by atoms with Gasteiger partial charge in [-0.15, -0.1) is 0 Å². The van der Waals surface area contributed by atoms with Crippen molar-refractivity contribution in [3.63, 3.8) is 0 Å². The van der Waals surface area contributed by atoms with Crippen LogP contribution in [0, 0.1) is 13.8 Å². The zero-order valence-corrected chi connectivity index (χ0v) is 15.7. The molecule has 0 saturated carbocycles. The molecule has 136 valence electrons. The Balaban J connectivity index is 1.79. The molecule has 0 radical (unpaired) electrons. The first kappa shape index (κ1) is 19.3. The molecule has 2 amide bonds. The highest BCUT2D eigenvalue weighted by Gasteiger charge is 2.12. The van der Waals surface area contributed by atoms with Gasteiger partial charge in [0.1, 0.15) is 0 Å². The molecule has 0 spiro atoms. The minimum Gasteiger partial charge on any atom is -0.383 e. The van der Waals surface area contributed by atoms with E-state index in [2.05, 4.69) is 15.7 Å². The Morgan fingerprint density at radius 1 is 1.32 bits per heavy atom. The second kappa shape index (κ2) is 9.44.